The molecular weight excluding hydrogens is 386 g/mol. The van der Waals surface area contributed by atoms with E-state index in [9.17, 15) is 24.3 Å². The molecule has 0 radical (unpaired) electrons. The van der Waals surface area contributed by atoms with E-state index in [-0.39, 0.29) is 11.8 Å². The normalized spacial score (nSPS) is 22.0. The van der Waals surface area contributed by atoms with Crippen LogP contribution in [0.2, 0.25) is 0 Å². The zero-order chi connectivity index (χ0) is 21.5. The van der Waals surface area contributed by atoms with E-state index in [4.69, 9.17) is 0 Å². The zero-order valence-electron chi connectivity index (χ0n) is 17.0. The summed E-state index contributed by atoms with van der Waals surface area (Å²) in [4.78, 5) is 48.3. The lowest BCUT2D eigenvalue weighted by molar-refractivity contribution is -0.149. The lowest BCUT2D eigenvalue weighted by Gasteiger charge is -2.27. The van der Waals surface area contributed by atoms with Gasteiger partial charge in [0, 0.05) is 17.2 Å². The fraction of sp³-hybridized carbons (Fsp3) is 0.545. The van der Waals surface area contributed by atoms with Crippen LogP contribution >= 0.6 is 0 Å². The first-order valence-corrected chi connectivity index (χ1v) is 10.7. The maximum atomic E-state index is 12.3. The molecule has 0 saturated heterocycles. The van der Waals surface area contributed by atoms with E-state index < -0.39 is 29.6 Å². The highest BCUT2D eigenvalue weighted by Crippen LogP contribution is 2.30. The summed E-state index contributed by atoms with van der Waals surface area (Å²) in [5, 5.41) is 12.2. The lowest BCUT2D eigenvalue weighted by Crippen LogP contribution is -2.47. The summed E-state index contributed by atoms with van der Waals surface area (Å²) in [5.41, 5.74) is 5.65. The number of carbonyl (C=O) groups excluding carboxylic acids is 3. The van der Waals surface area contributed by atoms with Crippen LogP contribution in [0.1, 0.15) is 68.1 Å². The molecular formula is C22H29N3O5. The van der Waals surface area contributed by atoms with Crippen LogP contribution in [0.25, 0.3) is 0 Å². The number of anilines is 1. The highest BCUT2D eigenvalue weighted by Gasteiger charge is 2.35. The molecule has 0 heterocycles. The molecule has 8 heteroatoms. The molecule has 2 fully saturated rings. The second-order valence-corrected chi connectivity index (χ2v) is 8.18. The van der Waals surface area contributed by atoms with Gasteiger partial charge in [-0.15, -0.1) is 0 Å². The third-order valence-electron chi connectivity index (χ3n) is 6.11. The number of carboxylic acids is 1. The minimum absolute atomic E-state index is 0.0135. The van der Waals surface area contributed by atoms with Crippen molar-refractivity contribution in [2.45, 2.75) is 57.8 Å². The highest BCUT2D eigenvalue weighted by molar-refractivity contribution is 5.97. The van der Waals surface area contributed by atoms with Crippen LogP contribution in [-0.2, 0) is 14.4 Å². The summed E-state index contributed by atoms with van der Waals surface area (Å²) >= 11 is 0. The molecule has 0 aromatic heterocycles. The molecule has 2 saturated carbocycles. The molecule has 2 unspecified atom stereocenters. The summed E-state index contributed by atoms with van der Waals surface area (Å²) in [6.07, 6.45) is 7.71. The molecule has 2 aliphatic rings. The summed E-state index contributed by atoms with van der Waals surface area (Å²) in [5.74, 6) is -3.27. The second kappa shape index (κ2) is 10.2. The standard InChI is InChI=1S/C22H29N3O5/c26-19(14-6-2-1-3-7-14)23-16-12-10-15(11-13-16)20(27)24-25-21(28)17-8-4-5-9-18(17)22(29)30/h10-14,17-18H,1-9H2,(H,23,26)(H,24,27)(H,25,28)(H,29,30). The van der Waals surface area contributed by atoms with Crippen molar-refractivity contribution in [1.29, 1.82) is 0 Å². The number of hydrazine groups is 1. The van der Waals surface area contributed by atoms with Gasteiger partial charge in [0.25, 0.3) is 5.91 Å². The van der Waals surface area contributed by atoms with Crippen LogP contribution in [0.5, 0.6) is 0 Å². The molecule has 2 aliphatic carbocycles. The van der Waals surface area contributed by atoms with E-state index in [1.165, 1.54) is 6.42 Å². The van der Waals surface area contributed by atoms with Gasteiger partial charge in [-0.3, -0.25) is 30.0 Å². The molecule has 2 atom stereocenters. The molecule has 8 nitrogen and oxygen atoms in total. The van der Waals surface area contributed by atoms with Crippen LogP contribution in [-0.4, -0.2) is 28.8 Å². The molecule has 0 aliphatic heterocycles. The van der Waals surface area contributed by atoms with E-state index in [0.717, 1.165) is 38.5 Å². The number of benzene rings is 1. The summed E-state index contributed by atoms with van der Waals surface area (Å²) in [6.45, 7) is 0. The molecule has 3 rings (SSSR count). The summed E-state index contributed by atoms with van der Waals surface area (Å²) in [6, 6.07) is 6.44. The predicted molar refractivity (Wildman–Crippen MR) is 110 cm³/mol. The van der Waals surface area contributed by atoms with Crippen LogP contribution in [0.15, 0.2) is 24.3 Å². The van der Waals surface area contributed by atoms with Gasteiger partial charge in [0.1, 0.15) is 0 Å². The Balaban J connectivity index is 1.50. The van der Waals surface area contributed by atoms with Gasteiger partial charge < -0.3 is 10.4 Å². The molecule has 30 heavy (non-hydrogen) atoms. The number of aliphatic carboxylic acids is 1. The van der Waals surface area contributed by atoms with Gasteiger partial charge >= 0.3 is 5.97 Å². The molecule has 1 aromatic rings. The fourth-order valence-electron chi connectivity index (χ4n) is 4.34. The van der Waals surface area contributed by atoms with Gasteiger partial charge in [0.05, 0.1) is 11.8 Å². The number of rotatable bonds is 5. The maximum Gasteiger partial charge on any atom is 0.307 e. The monoisotopic (exact) mass is 415 g/mol. The van der Waals surface area contributed by atoms with E-state index in [1.807, 2.05) is 0 Å². The first-order valence-electron chi connectivity index (χ1n) is 10.7. The van der Waals surface area contributed by atoms with Gasteiger partial charge in [0.2, 0.25) is 11.8 Å². The van der Waals surface area contributed by atoms with Crippen molar-refractivity contribution >= 4 is 29.4 Å². The predicted octanol–water partition coefficient (Wildman–Crippen LogP) is 2.86. The Morgan fingerprint density at radius 3 is 1.97 bits per heavy atom. The molecule has 1 aromatic carbocycles. The average Bonchev–Trinajstić information content (AvgIpc) is 2.78. The van der Waals surface area contributed by atoms with Crippen molar-refractivity contribution < 1.29 is 24.3 Å². The SMILES string of the molecule is O=C(NNC(=O)C1CCCCC1C(=O)O)c1ccc(NC(=O)C2CCCCC2)cc1. The van der Waals surface area contributed by atoms with E-state index in [0.29, 0.717) is 24.1 Å². The van der Waals surface area contributed by atoms with Crippen LogP contribution in [0.4, 0.5) is 5.69 Å². The van der Waals surface area contributed by atoms with Crippen LogP contribution < -0.4 is 16.2 Å². The van der Waals surface area contributed by atoms with Crippen molar-refractivity contribution in [3.63, 3.8) is 0 Å². The van der Waals surface area contributed by atoms with Gasteiger partial charge in [-0.1, -0.05) is 32.1 Å². The Morgan fingerprint density at radius 1 is 0.733 bits per heavy atom. The summed E-state index contributed by atoms with van der Waals surface area (Å²) < 4.78 is 0. The molecule has 3 amide bonds. The quantitative estimate of drug-likeness (QED) is 0.551. The van der Waals surface area contributed by atoms with Gasteiger partial charge in [-0.25, -0.2) is 0 Å². The molecule has 0 bridgehead atoms. The maximum absolute atomic E-state index is 12.3. The Morgan fingerprint density at radius 2 is 1.33 bits per heavy atom. The lowest BCUT2D eigenvalue weighted by atomic mass is 9.79. The Kier molecular flexibility index (Phi) is 7.43. The second-order valence-electron chi connectivity index (χ2n) is 8.18. The smallest absolute Gasteiger partial charge is 0.307 e. The number of hydrogen-bond acceptors (Lipinski definition) is 4. The molecule has 162 valence electrons. The van der Waals surface area contributed by atoms with Crippen molar-refractivity contribution in [3.05, 3.63) is 29.8 Å². The molecule has 0 spiro atoms. The first kappa shape index (κ1) is 21.8. The number of carboxylic acid groups (broad SMARTS) is 1. The third-order valence-corrected chi connectivity index (χ3v) is 6.11. The largest absolute Gasteiger partial charge is 0.481 e. The number of carbonyl (C=O) groups is 4. The van der Waals surface area contributed by atoms with Crippen molar-refractivity contribution in [3.8, 4) is 0 Å². The van der Waals surface area contributed by atoms with E-state index in [2.05, 4.69) is 16.2 Å². The number of hydrogen-bond donors (Lipinski definition) is 4. The third kappa shape index (κ3) is 5.58. The van der Waals surface area contributed by atoms with Crippen molar-refractivity contribution in [1.82, 2.24) is 10.9 Å². The van der Waals surface area contributed by atoms with Gasteiger partial charge in [0.15, 0.2) is 0 Å². The van der Waals surface area contributed by atoms with Crippen molar-refractivity contribution in [2.75, 3.05) is 5.32 Å². The van der Waals surface area contributed by atoms with Gasteiger partial charge in [-0.05, 0) is 49.9 Å². The number of nitrogens with one attached hydrogen (secondary N) is 3. The minimum atomic E-state index is -0.980. The van der Waals surface area contributed by atoms with Crippen molar-refractivity contribution in [2.24, 2.45) is 17.8 Å². The Hall–Kier alpha value is -2.90. The van der Waals surface area contributed by atoms with E-state index in [1.54, 1.807) is 24.3 Å². The van der Waals surface area contributed by atoms with Gasteiger partial charge in [-0.2, -0.15) is 0 Å². The Labute approximate surface area is 175 Å². The fourth-order valence-corrected chi connectivity index (χ4v) is 4.34. The summed E-state index contributed by atoms with van der Waals surface area (Å²) in [7, 11) is 0. The Bertz CT molecular complexity index is 786. The zero-order valence-corrected chi connectivity index (χ0v) is 17.0. The number of amides is 3. The molecule has 4 N–H and O–H groups in total. The van der Waals surface area contributed by atoms with Crippen LogP contribution in [0, 0.1) is 17.8 Å². The topological polar surface area (TPSA) is 125 Å². The minimum Gasteiger partial charge on any atom is -0.481 e. The first-order chi connectivity index (χ1) is 14.5. The highest BCUT2D eigenvalue weighted by atomic mass is 16.4. The average molecular weight is 415 g/mol. The van der Waals surface area contributed by atoms with E-state index >= 15 is 0 Å². The van der Waals surface area contributed by atoms with Crippen LogP contribution in [0.3, 0.4) is 0 Å².